The standard InChI is InChI=1S/C24H17N3O7/c28-13-16-10-17(27(30)31)7-8-20(16)33-14-24(29)26-19(22-6-3-9-32-22)12-18(25-26)23-11-15-4-1-2-5-21(15)34-23/h1-11,13,19H,12,14H2. The number of ether oxygens (including phenoxy) is 1. The first-order valence-electron chi connectivity index (χ1n) is 10.3. The number of rotatable bonds is 7. The number of furan rings is 2. The van der Waals surface area contributed by atoms with E-state index in [2.05, 4.69) is 5.10 Å². The van der Waals surface area contributed by atoms with Crippen molar-refractivity contribution < 1.29 is 28.1 Å². The van der Waals surface area contributed by atoms with E-state index >= 15 is 0 Å². The number of aldehydes is 1. The number of hydrogen-bond acceptors (Lipinski definition) is 8. The summed E-state index contributed by atoms with van der Waals surface area (Å²) in [6.07, 6.45) is 2.32. The van der Waals surface area contributed by atoms with Crippen LogP contribution in [0.4, 0.5) is 5.69 Å². The minimum atomic E-state index is -0.617. The fourth-order valence-electron chi connectivity index (χ4n) is 3.79. The Bertz CT molecular complexity index is 1390. The third kappa shape index (κ3) is 3.92. The Kier molecular flexibility index (Phi) is 5.38. The van der Waals surface area contributed by atoms with Crippen LogP contribution in [0.25, 0.3) is 11.0 Å². The molecule has 170 valence electrons. The van der Waals surface area contributed by atoms with E-state index in [0.29, 0.717) is 35.5 Å². The average molecular weight is 459 g/mol. The number of carbonyl (C=O) groups excluding carboxylic acids is 2. The van der Waals surface area contributed by atoms with Crippen LogP contribution in [-0.4, -0.2) is 34.4 Å². The summed E-state index contributed by atoms with van der Waals surface area (Å²) in [7, 11) is 0. The van der Waals surface area contributed by atoms with Gasteiger partial charge in [-0.05, 0) is 30.3 Å². The third-order valence-corrected chi connectivity index (χ3v) is 5.43. The van der Waals surface area contributed by atoms with Gasteiger partial charge < -0.3 is 13.6 Å². The first kappa shape index (κ1) is 21.1. The molecule has 34 heavy (non-hydrogen) atoms. The summed E-state index contributed by atoms with van der Waals surface area (Å²) in [6, 6.07) is 16.0. The highest BCUT2D eigenvalue weighted by Crippen LogP contribution is 2.34. The minimum absolute atomic E-state index is 0.0301. The molecule has 4 aromatic rings. The van der Waals surface area contributed by atoms with Gasteiger partial charge in [-0.3, -0.25) is 19.7 Å². The maximum absolute atomic E-state index is 13.1. The maximum atomic E-state index is 13.1. The second-order valence-corrected chi connectivity index (χ2v) is 7.55. The molecule has 5 rings (SSSR count). The lowest BCUT2D eigenvalue weighted by Crippen LogP contribution is -2.31. The van der Waals surface area contributed by atoms with Gasteiger partial charge in [-0.15, -0.1) is 0 Å². The highest BCUT2D eigenvalue weighted by molar-refractivity contribution is 6.03. The van der Waals surface area contributed by atoms with Crippen molar-refractivity contribution >= 4 is 34.6 Å². The van der Waals surface area contributed by atoms with E-state index in [1.165, 1.54) is 23.4 Å². The van der Waals surface area contributed by atoms with E-state index in [9.17, 15) is 19.7 Å². The monoisotopic (exact) mass is 459 g/mol. The topological polar surface area (TPSA) is 128 Å². The summed E-state index contributed by atoms with van der Waals surface area (Å²) in [5.74, 6) is 0.673. The molecule has 1 aliphatic rings. The van der Waals surface area contributed by atoms with E-state index in [1.807, 2.05) is 30.3 Å². The van der Waals surface area contributed by atoms with Gasteiger partial charge in [-0.1, -0.05) is 18.2 Å². The fraction of sp³-hybridized carbons (Fsp3) is 0.125. The molecular formula is C24H17N3O7. The van der Waals surface area contributed by atoms with Gasteiger partial charge in [0.25, 0.3) is 11.6 Å². The number of carbonyl (C=O) groups is 2. The number of fused-ring (bicyclic) bond motifs is 1. The lowest BCUT2D eigenvalue weighted by molar-refractivity contribution is -0.384. The van der Waals surface area contributed by atoms with Crippen LogP contribution >= 0.6 is 0 Å². The first-order chi connectivity index (χ1) is 16.5. The second-order valence-electron chi connectivity index (χ2n) is 7.55. The van der Waals surface area contributed by atoms with E-state index in [0.717, 1.165) is 11.5 Å². The van der Waals surface area contributed by atoms with Gasteiger partial charge in [0.2, 0.25) is 0 Å². The zero-order valence-electron chi connectivity index (χ0n) is 17.6. The van der Waals surface area contributed by atoms with Crippen molar-refractivity contribution in [3.05, 3.63) is 94.1 Å². The molecule has 0 aliphatic carbocycles. The number of amides is 1. The highest BCUT2D eigenvalue weighted by atomic mass is 16.6. The van der Waals surface area contributed by atoms with Crippen molar-refractivity contribution in [2.75, 3.05) is 6.61 Å². The molecule has 2 aromatic heterocycles. The van der Waals surface area contributed by atoms with Gasteiger partial charge >= 0.3 is 0 Å². The Morgan fingerprint density at radius 3 is 2.79 bits per heavy atom. The lowest BCUT2D eigenvalue weighted by atomic mass is 10.1. The fourth-order valence-corrected chi connectivity index (χ4v) is 3.79. The minimum Gasteiger partial charge on any atom is -0.483 e. The van der Waals surface area contributed by atoms with E-state index in [4.69, 9.17) is 13.6 Å². The molecule has 0 radical (unpaired) electrons. The Hall–Kier alpha value is -4.73. The highest BCUT2D eigenvalue weighted by Gasteiger charge is 2.36. The van der Waals surface area contributed by atoms with E-state index < -0.39 is 23.5 Å². The van der Waals surface area contributed by atoms with Crippen LogP contribution in [0.3, 0.4) is 0 Å². The van der Waals surface area contributed by atoms with Gasteiger partial charge in [0, 0.05) is 23.9 Å². The molecule has 3 heterocycles. The van der Waals surface area contributed by atoms with Crippen LogP contribution < -0.4 is 4.74 Å². The number of non-ortho nitro benzene ring substituents is 1. The molecule has 1 atom stereocenters. The number of nitrogens with zero attached hydrogens (tertiary/aromatic N) is 3. The van der Waals surface area contributed by atoms with E-state index in [-0.39, 0.29) is 17.0 Å². The molecular weight excluding hydrogens is 442 g/mol. The molecule has 1 amide bonds. The molecule has 0 saturated carbocycles. The van der Waals surface area contributed by atoms with Crippen LogP contribution in [-0.2, 0) is 4.79 Å². The van der Waals surface area contributed by atoms with Crippen molar-refractivity contribution in [3.63, 3.8) is 0 Å². The Labute approximate surface area is 192 Å². The van der Waals surface area contributed by atoms with Crippen molar-refractivity contribution in [3.8, 4) is 5.75 Å². The molecule has 2 aromatic carbocycles. The van der Waals surface area contributed by atoms with Crippen LogP contribution in [0.5, 0.6) is 5.75 Å². The van der Waals surface area contributed by atoms with Gasteiger partial charge in [-0.2, -0.15) is 5.10 Å². The molecule has 1 aliphatic heterocycles. The van der Waals surface area contributed by atoms with Gasteiger partial charge in [0.05, 0.1) is 16.7 Å². The molecule has 0 N–H and O–H groups in total. The molecule has 10 heteroatoms. The molecule has 0 fully saturated rings. The molecule has 10 nitrogen and oxygen atoms in total. The van der Waals surface area contributed by atoms with Crippen molar-refractivity contribution in [2.24, 2.45) is 5.10 Å². The molecule has 0 saturated heterocycles. The summed E-state index contributed by atoms with van der Waals surface area (Å²) < 4.78 is 17.0. The van der Waals surface area contributed by atoms with Gasteiger partial charge in [0.15, 0.2) is 18.7 Å². The smallest absolute Gasteiger partial charge is 0.281 e. The first-order valence-corrected chi connectivity index (χ1v) is 10.3. The second kappa shape index (κ2) is 8.66. The van der Waals surface area contributed by atoms with Gasteiger partial charge in [-0.25, -0.2) is 5.01 Å². The number of para-hydroxylation sites is 1. The molecule has 0 bridgehead atoms. The van der Waals surface area contributed by atoms with E-state index in [1.54, 1.807) is 12.1 Å². The zero-order valence-corrected chi connectivity index (χ0v) is 17.6. The Morgan fingerprint density at radius 1 is 1.21 bits per heavy atom. The Balaban J connectivity index is 1.39. The summed E-state index contributed by atoms with van der Waals surface area (Å²) in [5.41, 5.74) is 1.01. The van der Waals surface area contributed by atoms with Crippen LogP contribution in [0.15, 0.2) is 80.9 Å². The quantitative estimate of drug-likeness (QED) is 0.226. The predicted octanol–water partition coefficient (Wildman–Crippen LogP) is 4.50. The summed E-state index contributed by atoms with van der Waals surface area (Å²) in [5, 5.41) is 17.6. The number of nitro benzene ring substituents is 1. The SMILES string of the molecule is O=Cc1cc([N+](=O)[O-])ccc1OCC(=O)N1N=C(c2cc3ccccc3o2)CC1c1ccco1. The molecule has 0 spiro atoms. The largest absolute Gasteiger partial charge is 0.483 e. The average Bonchev–Trinajstić information content (AvgIpc) is 3.60. The Morgan fingerprint density at radius 2 is 2.06 bits per heavy atom. The third-order valence-electron chi connectivity index (χ3n) is 5.43. The van der Waals surface area contributed by atoms with Crippen LogP contribution in [0.2, 0.25) is 0 Å². The van der Waals surface area contributed by atoms with Gasteiger partial charge in [0.1, 0.15) is 28.8 Å². The normalized spacial score (nSPS) is 15.4. The van der Waals surface area contributed by atoms with Crippen LogP contribution in [0, 0.1) is 10.1 Å². The van der Waals surface area contributed by atoms with Crippen molar-refractivity contribution in [1.29, 1.82) is 0 Å². The number of hydrazone groups is 1. The lowest BCUT2D eigenvalue weighted by Gasteiger charge is -2.20. The molecule has 1 unspecified atom stereocenters. The summed E-state index contributed by atoms with van der Waals surface area (Å²) >= 11 is 0. The summed E-state index contributed by atoms with van der Waals surface area (Å²) in [4.78, 5) is 34.7. The van der Waals surface area contributed by atoms with Crippen molar-refractivity contribution in [1.82, 2.24) is 5.01 Å². The number of hydrogen-bond donors (Lipinski definition) is 0. The maximum Gasteiger partial charge on any atom is 0.281 e. The predicted molar refractivity (Wildman–Crippen MR) is 120 cm³/mol. The number of nitro groups is 1. The van der Waals surface area contributed by atoms with Crippen LogP contribution in [0.1, 0.15) is 34.3 Å². The summed E-state index contributed by atoms with van der Waals surface area (Å²) in [6.45, 7) is -0.438. The van der Waals surface area contributed by atoms with Crippen molar-refractivity contribution in [2.45, 2.75) is 12.5 Å². The zero-order chi connectivity index (χ0) is 23.7. The number of benzene rings is 2.